The van der Waals surface area contributed by atoms with Gasteiger partial charge in [0, 0.05) is 29.1 Å². The number of methoxy groups -OCH3 is 1. The smallest absolute Gasteiger partial charge is 0.166 e. The van der Waals surface area contributed by atoms with E-state index in [1.165, 1.54) is 19.2 Å². The number of rotatable bonds is 5. The summed E-state index contributed by atoms with van der Waals surface area (Å²) in [5.41, 5.74) is 7.93. The van der Waals surface area contributed by atoms with Crippen LogP contribution < -0.4 is 15.2 Å². The van der Waals surface area contributed by atoms with Crippen molar-refractivity contribution in [2.24, 2.45) is 0 Å². The molecule has 1 aromatic carbocycles. The summed E-state index contributed by atoms with van der Waals surface area (Å²) in [6.07, 6.45) is 2.69. The number of pyridine rings is 2. The number of nitrogens with zero attached hydrogens (tertiary/aromatic N) is 2. The zero-order valence-electron chi connectivity index (χ0n) is 14.2. The number of halogens is 2. The normalized spacial score (nSPS) is 11.8. The summed E-state index contributed by atoms with van der Waals surface area (Å²) in [5.74, 6) is 0.729. The van der Waals surface area contributed by atoms with Crippen LogP contribution in [0.4, 0.5) is 10.2 Å². The van der Waals surface area contributed by atoms with Gasteiger partial charge in [-0.3, -0.25) is 0 Å². The van der Waals surface area contributed by atoms with Gasteiger partial charge in [-0.25, -0.2) is 14.4 Å². The van der Waals surface area contributed by atoms with E-state index in [1.54, 1.807) is 37.5 Å². The van der Waals surface area contributed by atoms with Crippen molar-refractivity contribution in [1.29, 1.82) is 0 Å². The Hall–Kier alpha value is -2.86. The fraction of sp³-hybridized carbons (Fsp3) is 0.158. The number of nitrogen functional groups attached to an aromatic ring is 1. The molecule has 0 amide bonds. The Morgan fingerprint density at radius 2 is 1.96 bits per heavy atom. The average Bonchev–Trinajstić information content (AvgIpc) is 2.64. The Morgan fingerprint density at radius 1 is 1.15 bits per heavy atom. The molecule has 0 aliphatic carbocycles. The van der Waals surface area contributed by atoms with Gasteiger partial charge in [0.25, 0.3) is 0 Å². The van der Waals surface area contributed by atoms with Crippen LogP contribution in [0.2, 0.25) is 5.15 Å². The van der Waals surface area contributed by atoms with Gasteiger partial charge in [0.15, 0.2) is 11.6 Å². The zero-order valence-corrected chi connectivity index (χ0v) is 15.0. The van der Waals surface area contributed by atoms with E-state index in [9.17, 15) is 4.39 Å². The first kappa shape index (κ1) is 17.9. The average molecular weight is 374 g/mol. The van der Waals surface area contributed by atoms with Crippen molar-refractivity contribution < 1.29 is 13.9 Å². The van der Waals surface area contributed by atoms with Crippen LogP contribution in [0.25, 0.3) is 11.1 Å². The molecule has 2 N–H and O–H groups in total. The molecule has 3 aromatic rings. The molecule has 0 fully saturated rings. The quantitative estimate of drug-likeness (QED) is 0.658. The lowest BCUT2D eigenvalue weighted by molar-refractivity contribution is 0.221. The maximum Gasteiger partial charge on any atom is 0.166 e. The van der Waals surface area contributed by atoms with E-state index in [-0.39, 0.29) is 11.6 Å². The van der Waals surface area contributed by atoms with E-state index in [4.69, 9.17) is 26.8 Å². The highest BCUT2D eigenvalue weighted by Crippen LogP contribution is 2.34. The third-order valence-corrected chi connectivity index (χ3v) is 4.19. The second-order valence-electron chi connectivity index (χ2n) is 5.60. The van der Waals surface area contributed by atoms with E-state index in [1.807, 2.05) is 6.07 Å². The van der Waals surface area contributed by atoms with Gasteiger partial charge in [-0.05, 0) is 43.3 Å². The van der Waals surface area contributed by atoms with Crippen molar-refractivity contribution in [3.8, 4) is 22.6 Å². The number of ether oxygens (including phenoxy) is 2. The second kappa shape index (κ2) is 7.58. The lowest BCUT2D eigenvalue weighted by atomic mass is 10.1. The number of benzene rings is 1. The molecule has 26 heavy (non-hydrogen) atoms. The van der Waals surface area contributed by atoms with E-state index in [2.05, 4.69) is 9.97 Å². The number of anilines is 1. The van der Waals surface area contributed by atoms with Crippen molar-refractivity contribution in [3.63, 3.8) is 0 Å². The predicted octanol–water partition coefficient (Wildman–Crippen LogP) is 4.67. The third-order valence-electron chi connectivity index (χ3n) is 3.89. The molecule has 2 aromatic heterocycles. The Bertz CT molecular complexity index is 936. The molecule has 0 bridgehead atoms. The summed E-state index contributed by atoms with van der Waals surface area (Å²) >= 11 is 6.14. The molecule has 0 saturated carbocycles. The molecule has 0 saturated heterocycles. The van der Waals surface area contributed by atoms with E-state index >= 15 is 0 Å². The van der Waals surface area contributed by atoms with E-state index in [0.29, 0.717) is 33.3 Å². The van der Waals surface area contributed by atoms with Crippen molar-refractivity contribution in [2.45, 2.75) is 13.0 Å². The van der Waals surface area contributed by atoms with E-state index in [0.717, 1.165) is 0 Å². The highest BCUT2D eigenvalue weighted by Gasteiger charge is 2.17. The summed E-state index contributed by atoms with van der Waals surface area (Å²) in [6.45, 7) is 1.78. The minimum atomic E-state index is -0.510. The first-order valence-electron chi connectivity index (χ1n) is 7.86. The fourth-order valence-corrected chi connectivity index (χ4v) is 2.80. The van der Waals surface area contributed by atoms with Crippen LogP contribution in [0.5, 0.6) is 11.5 Å². The summed E-state index contributed by atoms with van der Waals surface area (Å²) in [6, 6.07) is 9.58. The Morgan fingerprint density at radius 3 is 2.69 bits per heavy atom. The summed E-state index contributed by atoms with van der Waals surface area (Å²) in [5, 5.41) is 0.352. The van der Waals surface area contributed by atoms with E-state index < -0.39 is 6.10 Å². The topological polar surface area (TPSA) is 70.3 Å². The predicted molar refractivity (Wildman–Crippen MR) is 98.9 cm³/mol. The van der Waals surface area contributed by atoms with Gasteiger partial charge in [-0.2, -0.15) is 0 Å². The number of hydrogen-bond acceptors (Lipinski definition) is 5. The van der Waals surface area contributed by atoms with Gasteiger partial charge < -0.3 is 15.2 Å². The minimum Gasteiger partial charge on any atom is -0.496 e. The molecule has 1 unspecified atom stereocenters. The molecule has 7 heteroatoms. The Balaban J connectivity index is 1.94. The molecule has 5 nitrogen and oxygen atoms in total. The number of nitrogens with two attached hydrogens (primary N) is 1. The first-order valence-corrected chi connectivity index (χ1v) is 8.24. The highest BCUT2D eigenvalue weighted by molar-refractivity contribution is 6.32. The largest absolute Gasteiger partial charge is 0.496 e. The molecule has 134 valence electrons. The van der Waals surface area contributed by atoms with Crippen LogP contribution in [0.15, 0.2) is 48.8 Å². The monoisotopic (exact) mass is 373 g/mol. The van der Waals surface area contributed by atoms with Crippen LogP contribution >= 0.6 is 11.6 Å². The lowest BCUT2D eigenvalue weighted by Crippen LogP contribution is -2.08. The van der Waals surface area contributed by atoms with Crippen LogP contribution in [0, 0.1) is 5.82 Å². The maximum absolute atomic E-state index is 13.6. The summed E-state index contributed by atoms with van der Waals surface area (Å²) in [7, 11) is 1.52. The number of aromatic nitrogens is 2. The molecule has 0 aliphatic rings. The first-order chi connectivity index (χ1) is 12.5. The molecule has 1 atom stereocenters. The number of hydrogen-bond donors (Lipinski definition) is 1. The maximum atomic E-state index is 13.6. The minimum absolute atomic E-state index is 0.219. The lowest BCUT2D eigenvalue weighted by Gasteiger charge is -2.19. The third kappa shape index (κ3) is 3.70. The van der Waals surface area contributed by atoms with Gasteiger partial charge in [-0.1, -0.05) is 11.6 Å². The van der Waals surface area contributed by atoms with Crippen LogP contribution in [0.1, 0.15) is 18.6 Å². The SMILES string of the molecule is COc1ccc(F)cc1C(C)Oc1cc(-c2cccnc2Cl)cnc1N. The molecular weight excluding hydrogens is 357 g/mol. The van der Waals surface area contributed by atoms with Crippen LogP contribution in [-0.2, 0) is 0 Å². The zero-order chi connectivity index (χ0) is 18.7. The Labute approximate surface area is 155 Å². The second-order valence-corrected chi connectivity index (χ2v) is 5.95. The van der Waals surface area contributed by atoms with Gasteiger partial charge in [0.05, 0.1) is 7.11 Å². The van der Waals surface area contributed by atoms with Gasteiger partial charge in [0.2, 0.25) is 0 Å². The Kier molecular flexibility index (Phi) is 5.23. The fourth-order valence-electron chi connectivity index (χ4n) is 2.58. The summed E-state index contributed by atoms with van der Waals surface area (Å²) < 4.78 is 24.8. The van der Waals surface area contributed by atoms with Crippen molar-refractivity contribution in [2.75, 3.05) is 12.8 Å². The molecular formula is C19H17ClFN3O2. The van der Waals surface area contributed by atoms with Gasteiger partial charge in [0.1, 0.15) is 22.8 Å². The molecule has 2 heterocycles. The van der Waals surface area contributed by atoms with Crippen LogP contribution in [-0.4, -0.2) is 17.1 Å². The van der Waals surface area contributed by atoms with Crippen molar-refractivity contribution in [3.05, 3.63) is 65.3 Å². The molecule has 0 radical (unpaired) electrons. The van der Waals surface area contributed by atoms with Crippen molar-refractivity contribution in [1.82, 2.24) is 9.97 Å². The highest BCUT2D eigenvalue weighted by atomic mass is 35.5. The van der Waals surface area contributed by atoms with Crippen LogP contribution in [0.3, 0.4) is 0 Å². The molecule has 0 spiro atoms. The standard InChI is InChI=1S/C19H17ClFN3O2/c1-11(15-9-13(21)5-6-16(15)25-2)26-17-8-12(10-24-19(17)22)14-4-3-7-23-18(14)20/h3-11H,1-2H3,(H2,22,24). The van der Waals surface area contributed by atoms with Crippen molar-refractivity contribution >= 4 is 17.4 Å². The summed E-state index contributed by atoms with van der Waals surface area (Å²) in [4.78, 5) is 8.22. The van der Waals surface area contributed by atoms with Gasteiger partial charge >= 0.3 is 0 Å². The van der Waals surface area contributed by atoms with Gasteiger partial charge in [-0.15, -0.1) is 0 Å². The molecule has 3 rings (SSSR count). The molecule has 0 aliphatic heterocycles.